The molecule has 1 aliphatic rings. The lowest BCUT2D eigenvalue weighted by Gasteiger charge is -2.30. The van der Waals surface area contributed by atoms with Crippen LogP contribution in [0.5, 0.6) is 11.5 Å². The third-order valence-electron chi connectivity index (χ3n) is 4.55. The summed E-state index contributed by atoms with van der Waals surface area (Å²) < 4.78 is 11.9. The molecular weight excluding hydrogens is 296 g/mol. The van der Waals surface area contributed by atoms with E-state index < -0.39 is 0 Å². The molecule has 7 heteroatoms. The van der Waals surface area contributed by atoms with E-state index in [1.165, 1.54) is 23.9 Å². The van der Waals surface area contributed by atoms with E-state index in [0.717, 1.165) is 12.8 Å². The van der Waals surface area contributed by atoms with Gasteiger partial charge in [0.25, 0.3) is 0 Å². The summed E-state index contributed by atoms with van der Waals surface area (Å²) in [7, 11) is 4.97. The van der Waals surface area contributed by atoms with Crippen molar-refractivity contribution >= 4 is 17.1 Å². The van der Waals surface area contributed by atoms with E-state index in [4.69, 9.17) is 9.47 Å². The van der Waals surface area contributed by atoms with E-state index in [1.54, 1.807) is 31.3 Å². The average Bonchev–Trinajstić information content (AvgIpc) is 3.04. The smallest absolute Gasteiger partial charge is 0.346 e. The van der Waals surface area contributed by atoms with Crippen molar-refractivity contribution in [2.45, 2.75) is 38.1 Å². The highest BCUT2D eigenvalue weighted by molar-refractivity contribution is 5.91. The predicted octanol–water partition coefficient (Wildman–Crippen LogP) is 2.68. The zero-order valence-corrected chi connectivity index (χ0v) is 13.8. The summed E-state index contributed by atoms with van der Waals surface area (Å²) in [6.07, 6.45) is 5.67. The number of ether oxygens (including phenoxy) is 2. The van der Waals surface area contributed by atoms with Crippen molar-refractivity contribution in [3.63, 3.8) is 0 Å². The first-order chi connectivity index (χ1) is 11.2. The zero-order chi connectivity index (χ0) is 16.4. The second-order valence-electron chi connectivity index (χ2n) is 5.88. The highest BCUT2D eigenvalue weighted by atomic mass is 16.5. The van der Waals surface area contributed by atoms with Crippen LogP contribution in [0, 0.1) is 0 Å². The van der Waals surface area contributed by atoms with Gasteiger partial charge in [-0.2, -0.15) is 4.68 Å². The Kier molecular flexibility index (Phi) is 4.36. The summed E-state index contributed by atoms with van der Waals surface area (Å²) in [6.45, 7) is 0. The van der Waals surface area contributed by atoms with Crippen molar-refractivity contribution in [3.05, 3.63) is 12.1 Å². The van der Waals surface area contributed by atoms with Crippen LogP contribution >= 0.6 is 0 Å². The Morgan fingerprint density at radius 2 is 1.96 bits per heavy atom. The second-order valence-corrected chi connectivity index (χ2v) is 5.88. The summed E-state index contributed by atoms with van der Waals surface area (Å²) in [5.74, 6) is 1.14. The van der Waals surface area contributed by atoms with Crippen molar-refractivity contribution in [2.24, 2.45) is 0 Å². The highest BCUT2D eigenvalue weighted by Crippen LogP contribution is 2.30. The number of amides is 1. The minimum Gasteiger partial charge on any atom is -0.497 e. The summed E-state index contributed by atoms with van der Waals surface area (Å²) in [5.41, 5.74) is 1.15. The van der Waals surface area contributed by atoms with E-state index in [-0.39, 0.29) is 12.1 Å². The molecule has 23 heavy (non-hydrogen) atoms. The first-order valence-electron chi connectivity index (χ1n) is 7.90. The molecule has 0 N–H and O–H groups in total. The molecule has 1 aromatic heterocycles. The maximum absolute atomic E-state index is 12.8. The topological polar surface area (TPSA) is 69.5 Å². The van der Waals surface area contributed by atoms with Gasteiger partial charge in [-0.3, -0.25) is 0 Å². The van der Waals surface area contributed by atoms with Crippen molar-refractivity contribution in [1.82, 2.24) is 19.9 Å². The molecule has 3 rings (SSSR count). The lowest BCUT2D eigenvalue weighted by atomic mass is 9.95. The van der Waals surface area contributed by atoms with Crippen LogP contribution in [0.2, 0.25) is 0 Å². The number of nitrogens with zero attached hydrogens (tertiary/aromatic N) is 4. The summed E-state index contributed by atoms with van der Waals surface area (Å²) in [4.78, 5) is 14.6. The molecule has 1 amide bonds. The zero-order valence-electron chi connectivity index (χ0n) is 13.8. The summed E-state index contributed by atoms with van der Waals surface area (Å²) in [6, 6.07) is 3.58. The molecule has 1 fully saturated rings. The van der Waals surface area contributed by atoms with Gasteiger partial charge in [-0.25, -0.2) is 4.79 Å². The van der Waals surface area contributed by atoms with Crippen LogP contribution in [0.4, 0.5) is 4.79 Å². The minimum atomic E-state index is -0.172. The number of rotatable bonds is 3. The molecule has 1 aromatic carbocycles. The van der Waals surface area contributed by atoms with Gasteiger partial charge in [-0.05, 0) is 12.8 Å². The van der Waals surface area contributed by atoms with E-state index >= 15 is 0 Å². The van der Waals surface area contributed by atoms with E-state index in [1.807, 2.05) is 7.05 Å². The Morgan fingerprint density at radius 3 is 2.61 bits per heavy atom. The molecule has 7 nitrogen and oxygen atoms in total. The fraction of sp³-hybridized carbons (Fsp3) is 0.562. The van der Waals surface area contributed by atoms with Crippen LogP contribution in [-0.2, 0) is 0 Å². The van der Waals surface area contributed by atoms with E-state index in [9.17, 15) is 4.79 Å². The standard InChI is InChI=1S/C16H22N4O3/c1-19(11-7-5-4-6-8-11)16(21)20-13-9-12(22-2)10-14(23-3)15(13)17-18-20/h9-11H,4-8H2,1-3H3. The molecule has 124 valence electrons. The summed E-state index contributed by atoms with van der Waals surface area (Å²) >= 11 is 0. The Morgan fingerprint density at radius 1 is 1.22 bits per heavy atom. The van der Waals surface area contributed by atoms with Gasteiger partial charge >= 0.3 is 6.03 Å². The third-order valence-corrected chi connectivity index (χ3v) is 4.55. The number of methoxy groups -OCH3 is 2. The summed E-state index contributed by atoms with van der Waals surface area (Å²) in [5, 5.41) is 8.13. The molecule has 2 aromatic rings. The fourth-order valence-electron chi connectivity index (χ4n) is 3.16. The maximum atomic E-state index is 12.8. The Balaban J connectivity index is 1.97. The fourth-order valence-corrected chi connectivity index (χ4v) is 3.16. The van der Waals surface area contributed by atoms with Crippen LogP contribution in [0.15, 0.2) is 12.1 Å². The molecule has 1 aliphatic carbocycles. The Bertz CT molecular complexity index is 707. The second kappa shape index (κ2) is 6.44. The van der Waals surface area contributed by atoms with Gasteiger partial charge in [0.05, 0.1) is 14.2 Å². The predicted molar refractivity (Wildman–Crippen MR) is 86.1 cm³/mol. The molecule has 1 saturated carbocycles. The van der Waals surface area contributed by atoms with Gasteiger partial charge < -0.3 is 14.4 Å². The van der Waals surface area contributed by atoms with Crippen molar-refractivity contribution in [2.75, 3.05) is 21.3 Å². The largest absolute Gasteiger partial charge is 0.497 e. The Hall–Kier alpha value is -2.31. The van der Waals surface area contributed by atoms with Crippen LogP contribution in [-0.4, -0.2) is 53.2 Å². The molecule has 0 saturated heterocycles. The number of fused-ring (bicyclic) bond motifs is 1. The lowest BCUT2D eigenvalue weighted by molar-refractivity contribution is 0.172. The highest BCUT2D eigenvalue weighted by Gasteiger charge is 2.26. The minimum absolute atomic E-state index is 0.172. The van der Waals surface area contributed by atoms with Crippen LogP contribution in [0.1, 0.15) is 32.1 Å². The molecule has 1 heterocycles. The van der Waals surface area contributed by atoms with E-state index in [2.05, 4.69) is 10.3 Å². The monoisotopic (exact) mass is 318 g/mol. The number of carbonyl (C=O) groups excluding carboxylic acids is 1. The number of carbonyl (C=O) groups is 1. The first-order valence-corrected chi connectivity index (χ1v) is 7.90. The van der Waals surface area contributed by atoms with Gasteiger partial charge in [0.15, 0.2) is 11.3 Å². The molecule has 0 unspecified atom stereocenters. The molecule has 0 radical (unpaired) electrons. The SMILES string of the molecule is COc1cc(OC)c2nnn(C(=O)N(C)C3CCCCC3)c2c1. The van der Waals surface area contributed by atoms with Gasteiger partial charge in [0.1, 0.15) is 11.3 Å². The lowest BCUT2D eigenvalue weighted by Crippen LogP contribution is -2.41. The van der Waals surface area contributed by atoms with Gasteiger partial charge in [-0.15, -0.1) is 5.10 Å². The molecule has 0 aliphatic heterocycles. The number of hydrogen-bond acceptors (Lipinski definition) is 5. The van der Waals surface area contributed by atoms with Crippen LogP contribution in [0.25, 0.3) is 11.0 Å². The van der Waals surface area contributed by atoms with Gasteiger partial charge in [-0.1, -0.05) is 24.5 Å². The molecule has 0 spiro atoms. The van der Waals surface area contributed by atoms with Crippen molar-refractivity contribution in [1.29, 1.82) is 0 Å². The number of aromatic nitrogens is 3. The maximum Gasteiger partial charge on any atom is 0.346 e. The van der Waals surface area contributed by atoms with Crippen LogP contribution in [0.3, 0.4) is 0 Å². The quantitative estimate of drug-likeness (QED) is 0.870. The third kappa shape index (κ3) is 2.83. The molecule has 0 bridgehead atoms. The number of hydrogen-bond donors (Lipinski definition) is 0. The first kappa shape index (κ1) is 15.6. The van der Waals surface area contributed by atoms with Gasteiger partial charge in [0.2, 0.25) is 0 Å². The van der Waals surface area contributed by atoms with Crippen LogP contribution < -0.4 is 9.47 Å². The van der Waals surface area contributed by atoms with Crippen molar-refractivity contribution < 1.29 is 14.3 Å². The average molecular weight is 318 g/mol. The van der Waals surface area contributed by atoms with Crippen molar-refractivity contribution in [3.8, 4) is 11.5 Å². The normalized spacial score (nSPS) is 15.6. The van der Waals surface area contributed by atoms with E-state index in [0.29, 0.717) is 22.5 Å². The van der Waals surface area contributed by atoms with Gasteiger partial charge in [0, 0.05) is 25.2 Å². The Labute approximate surface area is 135 Å². The molecular formula is C16H22N4O3. The number of benzene rings is 1. The molecule has 0 atom stereocenters.